The first-order chi connectivity index (χ1) is 12.1. The highest BCUT2D eigenvalue weighted by molar-refractivity contribution is 5.89. The number of aliphatic hydroxyl groups excluding tert-OH is 1. The molecule has 0 radical (unpaired) electrons. The fourth-order valence-electron chi connectivity index (χ4n) is 3.42. The highest BCUT2D eigenvalue weighted by atomic mass is 16.5. The summed E-state index contributed by atoms with van der Waals surface area (Å²) in [6.07, 6.45) is 4.90. The van der Waals surface area contributed by atoms with Crippen molar-refractivity contribution in [1.29, 1.82) is 0 Å². The highest BCUT2D eigenvalue weighted by Crippen LogP contribution is 2.29. The Labute approximate surface area is 148 Å². The molecule has 0 aliphatic heterocycles. The van der Waals surface area contributed by atoms with Gasteiger partial charge in [0, 0.05) is 0 Å². The van der Waals surface area contributed by atoms with Gasteiger partial charge in [0.25, 0.3) is 0 Å². The molecule has 0 saturated heterocycles. The summed E-state index contributed by atoms with van der Waals surface area (Å²) in [6, 6.07) is 13.1. The maximum Gasteiger partial charge on any atom is 0.335 e. The fourth-order valence-corrected chi connectivity index (χ4v) is 3.42. The lowest BCUT2D eigenvalue weighted by atomic mass is 9.91. The molecule has 0 spiro atoms. The smallest absolute Gasteiger partial charge is 0.335 e. The third kappa shape index (κ3) is 4.40. The Morgan fingerprint density at radius 1 is 1.08 bits per heavy atom. The predicted octanol–water partition coefficient (Wildman–Crippen LogP) is 3.64. The van der Waals surface area contributed by atoms with Crippen molar-refractivity contribution in [1.82, 2.24) is 0 Å². The van der Waals surface area contributed by atoms with E-state index in [1.807, 2.05) is 18.2 Å². The summed E-state index contributed by atoms with van der Waals surface area (Å²) in [4.78, 5) is 11.2. The van der Waals surface area contributed by atoms with Gasteiger partial charge in [-0.3, -0.25) is 0 Å². The average Bonchev–Trinajstić information content (AvgIpc) is 2.64. The molecule has 1 aliphatic carbocycles. The molecule has 0 amide bonds. The molecule has 4 nitrogen and oxygen atoms in total. The summed E-state index contributed by atoms with van der Waals surface area (Å²) in [5, 5.41) is 19.4. The van der Waals surface area contributed by atoms with Crippen molar-refractivity contribution in [2.75, 3.05) is 6.61 Å². The van der Waals surface area contributed by atoms with Gasteiger partial charge in [0.1, 0.15) is 12.4 Å². The lowest BCUT2D eigenvalue weighted by molar-refractivity contribution is 0.0694. The Kier molecular flexibility index (Phi) is 5.71. The SMILES string of the molecule is O=C(O)c1ccccc1CCC(O)COc1cccc2c1CCCC2. The molecule has 25 heavy (non-hydrogen) atoms. The summed E-state index contributed by atoms with van der Waals surface area (Å²) in [5.41, 5.74) is 3.67. The van der Waals surface area contributed by atoms with Gasteiger partial charge in [-0.25, -0.2) is 4.79 Å². The van der Waals surface area contributed by atoms with Gasteiger partial charge in [0.2, 0.25) is 0 Å². The number of carbonyl (C=O) groups is 1. The van der Waals surface area contributed by atoms with E-state index in [-0.39, 0.29) is 6.61 Å². The molecule has 1 aliphatic rings. The molecule has 2 aromatic carbocycles. The van der Waals surface area contributed by atoms with Crippen molar-refractivity contribution in [3.63, 3.8) is 0 Å². The topological polar surface area (TPSA) is 66.8 Å². The molecule has 0 bridgehead atoms. The zero-order chi connectivity index (χ0) is 17.6. The van der Waals surface area contributed by atoms with Crippen molar-refractivity contribution in [3.05, 3.63) is 64.7 Å². The predicted molar refractivity (Wildman–Crippen MR) is 96.3 cm³/mol. The third-order valence-corrected chi connectivity index (χ3v) is 4.78. The Hall–Kier alpha value is -2.33. The number of hydrogen-bond donors (Lipinski definition) is 2. The Morgan fingerprint density at radius 2 is 1.88 bits per heavy atom. The number of fused-ring (bicyclic) bond motifs is 1. The minimum atomic E-state index is -0.933. The van der Waals surface area contributed by atoms with Crippen LogP contribution in [0.4, 0.5) is 0 Å². The van der Waals surface area contributed by atoms with Gasteiger partial charge in [0.05, 0.1) is 11.7 Å². The van der Waals surface area contributed by atoms with Gasteiger partial charge in [-0.2, -0.15) is 0 Å². The van der Waals surface area contributed by atoms with Gasteiger partial charge in [0.15, 0.2) is 0 Å². The van der Waals surface area contributed by atoms with E-state index in [0.717, 1.165) is 24.2 Å². The molecule has 1 atom stereocenters. The van der Waals surface area contributed by atoms with E-state index in [0.29, 0.717) is 18.4 Å². The lowest BCUT2D eigenvalue weighted by Gasteiger charge is -2.20. The first-order valence-electron chi connectivity index (χ1n) is 8.88. The average molecular weight is 340 g/mol. The van der Waals surface area contributed by atoms with E-state index in [9.17, 15) is 15.0 Å². The molecule has 2 aromatic rings. The van der Waals surface area contributed by atoms with E-state index in [1.54, 1.807) is 18.2 Å². The van der Waals surface area contributed by atoms with Gasteiger partial charge >= 0.3 is 5.97 Å². The number of hydrogen-bond acceptors (Lipinski definition) is 3. The molecule has 0 fully saturated rings. The van der Waals surface area contributed by atoms with E-state index in [2.05, 4.69) is 6.07 Å². The van der Waals surface area contributed by atoms with Crippen LogP contribution in [-0.2, 0) is 19.3 Å². The summed E-state index contributed by atoms with van der Waals surface area (Å²) >= 11 is 0. The summed E-state index contributed by atoms with van der Waals surface area (Å²) in [6.45, 7) is 0.228. The minimum Gasteiger partial charge on any atom is -0.491 e. The number of carboxylic acid groups (broad SMARTS) is 1. The van der Waals surface area contributed by atoms with Crippen molar-refractivity contribution >= 4 is 5.97 Å². The van der Waals surface area contributed by atoms with Crippen molar-refractivity contribution in [2.45, 2.75) is 44.6 Å². The maximum atomic E-state index is 11.2. The normalized spacial score (nSPS) is 14.6. The van der Waals surface area contributed by atoms with E-state index in [1.165, 1.54) is 24.0 Å². The zero-order valence-corrected chi connectivity index (χ0v) is 14.3. The van der Waals surface area contributed by atoms with Crippen LogP contribution in [0.2, 0.25) is 0 Å². The quantitative estimate of drug-likeness (QED) is 0.807. The minimum absolute atomic E-state index is 0.228. The number of aliphatic hydroxyl groups is 1. The van der Waals surface area contributed by atoms with Crippen LogP contribution >= 0.6 is 0 Å². The molecule has 2 N–H and O–H groups in total. The van der Waals surface area contributed by atoms with Gasteiger partial charge in [-0.15, -0.1) is 0 Å². The molecule has 0 heterocycles. The molecule has 3 rings (SSSR count). The second kappa shape index (κ2) is 8.17. The zero-order valence-electron chi connectivity index (χ0n) is 14.3. The van der Waals surface area contributed by atoms with Crippen LogP contribution in [0, 0.1) is 0 Å². The molecular formula is C21H24O4. The Balaban J connectivity index is 1.56. The molecule has 0 aromatic heterocycles. The second-order valence-corrected chi connectivity index (χ2v) is 6.57. The number of aryl methyl sites for hydroxylation is 2. The molecular weight excluding hydrogens is 316 g/mol. The first-order valence-corrected chi connectivity index (χ1v) is 8.88. The van der Waals surface area contributed by atoms with Crippen LogP contribution in [0.1, 0.15) is 46.3 Å². The lowest BCUT2D eigenvalue weighted by Crippen LogP contribution is -2.20. The van der Waals surface area contributed by atoms with E-state index >= 15 is 0 Å². The van der Waals surface area contributed by atoms with Crippen LogP contribution < -0.4 is 4.74 Å². The molecule has 132 valence electrons. The van der Waals surface area contributed by atoms with Gasteiger partial charge in [-0.05, 0) is 67.3 Å². The number of aromatic carboxylic acids is 1. The Morgan fingerprint density at radius 3 is 2.72 bits per heavy atom. The monoisotopic (exact) mass is 340 g/mol. The summed E-state index contributed by atoms with van der Waals surface area (Å²) in [7, 11) is 0. The highest BCUT2D eigenvalue weighted by Gasteiger charge is 2.16. The van der Waals surface area contributed by atoms with Crippen LogP contribution in [0.3, 0.4) is 0 Å². The fraction of sp³-hybridized carbons (Fsp3) is 0.381. The summed E-state index contributed by atoms with van der Waals surface area (Å²) in [5.74, 6) is -0.0561. The van der Waals surface area contributed by atoms with Crippen LogP contribution in [0.25, 0.3) is 0 Å². The van der Waals surface area contributed by atoms with Crippen molar-refractivity contribution in [3.8, 4) is 5.75 Å². The largest absolute Gasteiger partial charge is 0.491 e. The van der Waals surface area contributed by atoms with Crippen molar-refractivity contribution in [2.24, 2.45) is 0 Å². The van der Waals surface area contributed by atoms with Crippen LogP contribution in [0.5, 0.6) is 5.75 Å². The molecule has 4 heteroatoms. The second-order valence-electron chi connectivity index (χ2n) is 6.57. The number of rotatable bonds is 7. The summed E-state index contributed by atoms with van der Waals surface area (Å²) < 4.78 is 5.87. The van der Waals surface area contributed by atoms with E-state index in [4.69, 9.17) is 4.74 Å². The van der Waals surface area contributed by atoms with Crippen LogP contribution in [-0.4, -0.2) is 28.9 Å². The van der Waals surface area contributed by atoms with Crippen molar-refractivity contribution < 1.29 is 19.7 Å². The van der Waals surface area contributed by atoms with Gasteiger partial charge < -0.3 is 14.9 Å². The van der Waals surface area contributed by atoms with E-state index < -0.39 is 12.1 Å². The van der Waals surface area contributed by atoms with Crippen LogP contribution in [0.15, 0.2) is 42.5 Å². The van der Waals surface area contributed by atoms with Gasteiger partial charge in [-0.1, -0.05) is 30.3 Å². The number of carboxylic acids is 1. The standard InChI is InChI=1S/C21H24O4/c22-17(13-12-16-7-2-4-10-19(16)21(23)24)14-25-20-11-5-8-15-6-1-3-9-18(15)20/h2,4-5,7-8,10-11,17,22H,1,3,6,9,12-14H2,(H,23,24). The number of benzene rings is 2. The first kappa shape index (κ1) is 17.5. The third-order valence-electron chi connectivity index (χ3n) is 4.78. The molecule has 1 unspecified atom stereocenters. The molecule has 0 saturated carbocycles. The Bertz CT molecular complexity index is 738. The number of ether oxygens (including phenoxy) is 1. The maximum absolute atomic E-state index is 11.2.